The van der Waals surface area contributed by atoms with Crippen LogP contribution < -0.4 is 5.32 Å². The number of anilines is 1. The minimum Gasteiger partial charge on any atom is -0.392 e. The molecule has 0 spiro atoms. The van der Waals surface area contributed by atoms with Crippen LogP contribution in [0.2, 0.25) is 0 Å². The van der Waals surface area contributed by atoms with Gasteiger partial charge >= 0.3 is 0 Å². The first-order chi connectivity index (χ1) is 9.10. The summed E-state index contributed by atoms with van der Waals surface area (Å²) in [6, 6.07) is 12.8. The molecule has 2 aromatic rings. The van der Waals surface area contributed by atoms with Gasteiger partial charge in [-0.3, -0.25) is 0 Å². The number of rotatable bonds is 4. The third-order valence-electron chi connectivity index (χ3n) is 3.13. The lowest BCUT2D eigenvalue weighted by molar-refractivity contribution is 0.281. The lowest BCUT2D eigenvalue weighted by atomic mass is 10.0. The first kappa shape index (κ1) is 13.6. The average Bonchev–Trinajstić information content (AvgIpc) is 2.42. The number of hydrogen-bond acceptors (Lipinski definition) is 2. The van der Waals surface area contributed by atoms with Crippen molar-refractivity contribution in [2.45, 2.75) is 26.5 Å². The van der Waals surface area contributed by atoms with Crippen molar-refractivity contribution in [2.75, 3.05) is 5.32 Å². The van der Waals surface area contributed by atoms with Gasteiger partial charge in [-0.1, -0.05) is 30.3 Å². The van der Waals surface area contributed by atoms with E-state index in [-0.39, 0.29) is 18.5 Å². The fraction of sp³-hybridized carbons (Fsp3) is 0.250. The lowest BCUT2D eigenvalue weighted by Crippen LogP contribution is -2.08. The molecule has 0 aliphatic carbocycles. The largest absolute Gasteiger partial charge is 0.392 e. The van der Waals surface area contributed by atoms with Crippen molar-refractivity contribution in [3.05, 3.63) is 65.0 Å². The smallest absolute Gasteiger partial charge is 0.146 e. The Labute approximate surface area is 112 Å². The number of benzene rings is 2. The molecular formula is C16H18FNO. The van der Waals surface area contributed by atoms with Gasteiger partial charge in [-0.25, -0.2) is 4.39 Å². The zero-order valence-corrected chi connectivity index (χ0v) is 11.2. The van der Waals surface area contributed by atoms with Gasteiger partial charge < -0.3 is 10.4 Å². The molecule has 0 radical (unpaired) electrons. The van der Waals surface area contributed by atoms with Crippen LogP contribution in [0.15, 0.2) is 42.5 Å². The highest BCUT2D eigenvalue weighted by molar-refractivity contribution is 5.48. The summed E-state index contributed by atoms with van der Waals surface area (Å²) in [4.78, 5) is 0. The van der Waals surface area contributed by atoms with Crippen LogP contribution in [0.4, 0.5) is 10.1 Å². The minimum atomic E-state index is -0.245. The van der Waals surface area contributed by atoms with Crippen molar-refractivity contribution in [2.24, 2.45) is 0 Å². The standard InChI is InChI=1S/C16H18FNO/c1-11-6-7-16(15(17)8-11)18-12(2)14-5-3-4-13(9-14)10-19/h3-9,12,18-19H,10H2,1-2H3. The minimum absolute atomic E-state index is 0.0133. The maximum absolute atomic E-state index is 13.8. The molecule has 2 N–H and O–H groups in total. The van der Waals surface area contributed by atoms with Gasteiger partial charge in [0.25, 0.3) is 0 Å². The molecule has 1 unspecified atom stereocenters. The SMILES string of the molecule is Cc1ccc(NC(C)c2cccc(CO)c2)c(F)c1. The highest BCUT2D eigenvalue weighted by Gasteiger charge is 2.09. The van der Waals surface area contributed by atoms with Gasteiger partial charge in [0.2, 0.25) is 0 Å². The van der Waals surface area contributed by atoms with Crippen LogP contribution >= 0.6 is 0 Å². The van der Waals surface area contributed by atoms with Crippen molar-refractivity contribution < 1.29 is 9.50 Å². The second-order valence-corrected chi connectivity index (χ2v) is 4.75. The monoisotopic (exact) mass is 259 g/mol. The van der Waals surface area contributed by atoms with Crippen LogP contribution in [-0.4, -0.2) is 5.11 Å². The Morgan fingerprint density at radius 3 is 2.68 bits per heavy atom. The second kappa shape index (κ2) is 5.85. The molecule has 0 heterocycles. The lowest BCUT2D eigenvalue weighted by Gasteiger charge is -2.17. The Bertz CT molecular complexity index is 568. The molecule has 0 fully saturated rings. The fourth-order valence-electron chi connectivity index (χ4n) is 2.01. The summed E-state index contributed by atoms with van der Waals surface area (Å²) in [6.07, 6.45) is 0. The summed E-state index contributed by atoms with van der Waals surface area (Å²) in [5, 5.41) is 12.3. The van der Waals surface area contributed by atoms with Gasteiger partial charge in [0, 0.05) is 6.04 Å². The molecule has 2 rings (SSSR count). The molecule has 19 heavy (non-hydrogen) atoms. The highest BCUT2D eigenvalue weighted by atomic mass is 19.1. The number of aryl methyl sites for hydroxylation is 1. The summed E-state index contributed by atoms with van der Waals surface area (Å²) < 4.78 is 13.8. The number of halogens is 1. The van der Waals surface area contributed by atoms with Gasteiger partial charge in [-0.2, -0.15) is 0 Å². The number of aliphatic hydroxyl groups is 1. The van der Waals surface area contributed by atoms with Crippen LogP contribution in [0.1, 0.15) is 29.7 Å². The van der Waals surface area contributed by atoms with E-state index >= 15 is 0 Å². The molecule has 100 valence electrons. The first-order valence-electron chi connectivity index (χ1n) is 6.32. The van der Waals surface area contributed by atoms with Crippen molar-refractivity contribution in [1.82, 2.24) is 0 Å². The van der Waals surface area contributed by atoms with E-state index in [0.29, 0.717) is 5.69 Å². The predicted octanol–water partition coefficient (Wildman–Crippen LogP) is 3.80. The maximum Gasteiger partial charge on any atom is 0.146 e. The second-order valence-electron chi connectivity index (χ2n) is 4.75. The van der Waals surface area contributed by atoms with Gasteiger partial charge in [-0.05, 0) is 42.7 Å². The molecule has 0 aromatic heterocycles. The molecular weight excluding hydrogens is 241 g/mol. The van der Waals surface area contributed by atoms with E-state index < -0.39 is 0 Å². The number of aliphatic hydroxyl groups excluding tert-OH is 1. The third-order valence-corrected chi connectivity index (χ3v) is 3.13. The van der Waals surface area contributed by atoms with Crippen LogP contribution in [0, 0.1) is 12.7 Å². The zero-order valence-electron chi connectivity index (χ0n) is 11.2. The van der Waals surface area contributed by atoms with Gasteiger partial charge in [0.1, 0.15) is 5.82 Å². The number of nitrogens with one attached hydrogen (secondary N) is 1. The zero-order chi connectivity index (χ0) is 13.8. The Hall–Kier alpha value is -1.87. The molecule has 1 atom stereocenters. The summed E-state index contributed by atoms with van der Waals surface area (Å²) >= 11 is 0. The Balaban J connectivity index is 2.17. The Morgan fingerprint density at radius 1 is 1.21 bits per heavy atom. The molecule has 0 saturated carbocycles. The average molecular weight is 259 g/mol. The van der Waals surface area contributed by atoms with E-state index in [2.05, 4.69) is 5.32 Å². The molecule has 0 bridgehead atoms. The van der Waals surface area contributed by atoms with Crippen molar-refractivity contribution >= 4 is 5.69 Å². The van der Waals surface area contributed by atoms with Gasteiger partial charge in [0.15, 0.2) is 0 Å². The van der Waals surface area contributed by atoms with E-state index in [1.165, 1.54) is 6.07 Å². The van der Waals surface area contributed by atoms with Crippen molar-refractivity contribution in [1.29, 1.82) is 0 Å². The van der Waals surface area contributed by atoms with E-state index in [4.69, 9.17) is 5.11 Å². The maximum atomic E-state index is 13.8. The molecule has 2 nitrogen and oxygen atoms in total. The molecule has 0 saturated heterocycles. The summed E-state index contributed by atoms with van der Waals surface area (Å²) in [5.74, 6) is -0.245. The van der Waals surface area contributed by atoms with Crippen molar-refractivity contribution in [3.63, 3.8) is 0 Å². The third kappa shape index (κ3) is 3.32. The van der Waals surface area contributed by atoms with E-state index in [1.807, 2.05) is 44.2 Å². The molecule has 2 aromatic carbocycles. The van der Waals surface area contributed by atoms with Gasteiger partial charge in [0.05, 0.1) is 12.3 Å². The normalized spacial score (nSPS) is 12.2. The summed E-state index contributed by atoms with van der Waals surface area (Å²) in [5.41, 5.74) is 3.27. The van der Waals surface area contributed by atoms with Crippen LogP contribution in [-0.2, 0) is 6.61 Å². The fourth-order valence-corrected chi connectivity index (χ4v) is 2.01. The van der Waals surface area contributed by atoms with Crippen LogP contribution in [0.3, 0.4) is 0 Å². The summed E-state index contributed by atoms with van der Waals surface area (Å²) in [7, 11) is 0. The van der Waals surface area contributed by atoms with E-state index in [0.717, 1.165) is 16.7 Å². The molecule has 0 amide bonds. The predicted molar refractivity (Wildman–Crippen MR) is 75.5 cm³/mol. The quantitative estimate of drug-likeness (QED) is 0.875. The van der Waals surface area contributed by atoms with E-state index in [9.17, 15) is 4.39 Å². The number of hydrogen-bond donors (Lipinski definition) is 2. The highest BCUT2D eigenvalue weighted by Crippen LogP contribution is 2.23. The Morgan fingerprint density at radius 2 is 2.00 bits per heavy atom. The van der Waals surface area contributed by atoms with Gasteiger partial charge in [-0.15, -0.1) is 0 Å². The molecule has 0 aliphatic heterocycles. The molecule has 3 heteroatoms. The molecule has 0 aliphatic rings. The van der Waals surface area contributed by atoms with E-state index in [1.54, 1.807) is 6.07 Å². The Kier molecular flexibility index (Phi) is 4.17. The van der Waals surface area contributed by atoms with Crippen LogP contribution in [0.25, 0.3) is 0 Å². The summed E-state index contributed by atoms with van der Waals surface area (Å²) in [6.45, 7) is 3.84. The van der Waals surface area contributed by atoms with Crippen LogP contribution in [0.5, 0.6) is 0 Å². The first-order valence-corrected chi connectivity index (χ1v) is 6.32. The topological polar surface area (TPSA) is 32.3 Å². The van der Waals surface area contributed by atoms with Crippen molar-refractivity contribution in [3.8, 4) is 0 Å².